The highest BCUT2D eigenvalue weighted by Crippen LogP contribution is 2.26. The number of nitrogens with zero attached hydrogens (tertiary/aromatic N) is 1. The van der Waals surface area contributed by atoms with Crippen LogP contribution in [0.4, 0.5) is 4.39 Å². The van der Waals surface area contributed by atoms with Gasteiger partial charge in [0, 0.05) is 6.04 Å². The second-order valence-corrected chi connectivity index (χ2v) is 6.21. The second-order valence-electron chi connectivity index (χ2n) is 6.21. The summed E-state index contributed by atoms with van der Waals surface area (Å²) in [5.74, 6) is -0.212. The Morgan fingerprint density at radius 2 is 1.57 bits per heavy atom. The summed E-state index contributed by atoms with van der Waals surface area (Å²) in [6.07, 6.45) is 4.75. The van der Waals surface area contributed by atoms with E-state index in [9.17, 15) is 4.39 Å². The molecule has 1 aromatic rings. The molecule has 2 atom stereocenters. The summed E-state index contributed by atoms with van der Waals surface area (Å²) in [6.45, 7) is 10.8. The van der Waals surface area contributed by atoms with Crippen molar-refractivity contribution in [3.63, 3.8) is 0 Å². The van der Waals surface area contributed by atoms with Crippen molar-refractivity contribution in [3.8, 4) is 0 Å². The first kappa shape index (κ1) is 18.1. The van der Waals surface area contributed by atoms with E-state index in [1.807, 2.05) is 12.1 Å². The lowest BCUT2D eigenvalue weighted by atomic mass is 9.85. The number of benzene rings is 1. The average molecular weight is 294 g/mol. The van der Waals surface area contributed by atoms with Crippen LogP contribution in [-0.4, -0.2) is 24.0 Å². The molecule has 0 heterocycles. The molecule has 2 nitrogen and oxygen atoms in total. The van der Waals surface area contributed by atoms with Gasteiger partial charge < -0.3 is 5.73 Å². The van der Waals surface area contributed by atoms with Crippen LogP contribution in [0.25, 0.3) is 0 Å². The summed E-state index contributed by atoms with van der Waals surface area (Å²) in [4.78, 5) is 2.48. The van der Waals surface area contributed by atoms with Gasteiger partial charge in [-0.2, -0.15) is 0 Å². The summed E-state index contributed by atoms with van der Waals surface area (Å²) >= 11 is 0. The van der Waals surface area contributed by atoms with Gasteiger partial charge in [-0.1, -0.05) is 38.8 Å². The molecule has 2 N–H and O–H groups in total. The number of halogens is 1. The van der Waals surface area contributed by atoms with Gasteiger partial charge in [-0.3, -0.25) is 4.90 Å². The van der Waals surface area contributed by atoms with Crippen molar-refractivity contribution >= 4 is 0 Å². The standard InChI is InChI=1S/C18H31FN2/c1-5-7-13-21(14-8-6-2)15(3)18(4,20)16-9-11-17(19)12-10-16/h9-12,15H,5-8,13-14,20H2,1-4H3. The van der Waals surface area contributed by atoms with Gasteiger partial charge in [-0.05, 0) is 57.5 Å². The topological polar surface area (TPSA) is 29.3 Å². The van der Waals surface area contributed by atoms with E-state index in [-0.39, 0.29) is 11.9 Å². The largest absolute Gasteiger partial charge is 0.320 e. The monoisotopic (exact) mass is 294 g/mol. The molecule has 3 heteroatoms. The van der Waals surface area contributed by atoms with E-state index in [1.54, 1.807) is 0 Å². The van der Waals surface area contributed by atoms with Gasteiger partial charge in [0.2, 0.25) is 0 Å². The highest BCUT2D eigenvalue weighted by molar-refractivity contribution is 5.25. The molecule has 2 unspecified atom stereocenters. The predicted octanol–water partition coefficient (Wildman–Crippen LogP) is 4.29. The fraction of sp³-hybridized carbons (Fsp3) is 0.667. The van der Waals surface area contributed by atoms with E-state index < -0.39 is 5.54 Å². The molecule has 1 rings (SSSR count). The summed E-state index contributed by atoms with van der Waals surface area (Å²) in [6, 6.07) is 6.83. The minimum atomic E-state index is -0.477. The average Bonchev–Trinajstić information content (AvgIpc) is 2.47. The Kier molecular flexibility index (Phi) is 7.33. The second kappa shape index (κ2) is 8.50. The number of hydrogen-bond acceptors (Lipinski definition) is 2. The number of unbranched alkanes of at least 4 members (excludes halogenated alkanes) is 2. The van der Waals surface area contributed by atoms with Gasteiger partial charge in [0.05, 0.1) is 5.54 Å². The zero-order valence-electron chi connectivity index (χ0n) is 14.0. The Hall–Kier alpha value is -0.930. The molecule has 120 valence electrons. The van der Waals surface area contributed by atoms with Crippen molar-refractivity contribution in [2.24, 2.45) is 5.73 Å². The lowest BCUT2D eigenvalue weighted by molar-refractivity contribution is 0.136. The van der Waals surface area contributed by atoms with E-state index in [0.29, 0.717) is 0 Å². The lowest BCUT2D eigenvalue weighted by Gasteiger charge is -2.40. The van der Waals surface area contributed by atoms with Gasteiger partial charge in [-0.15, -0.1) is 0 Å². The van der Waals surface area contributed by atoms with Crippen molar-refractivity contribution in [2.75, 3.05) is 13.1 Å². The lowest BCUT2D eigenvalue weighted by Crippen LogP contribution is -2.53. The van der Waals surface area contributed by atoms with Gasteiger partial charge in [0.25, 0.3) is 0 Å². The molecule has 0 spiro atoms. The smallest absolute Gasteiger partial charge is 0.123 e. The zero-order valence-corrected chi connectivity index (χ0v) is 14.0. The molecule has 0 aliphatic carbocycles. The van der Waals surface area contributed by atoms with Crippen molar-refractivity contribution in [1.82, 2.24) is 4.90 Å². The van der Waals surface area contributed by atoms with E-state index in [1.165, 1.54) is 37.8 Å². The summed E-state index contributed by atoms with van der Waals surface area (Å²) in [5, 5.41) is 0. The fourth-order valence-electron chi connectivity index (χ4n) is 2.65. The van der Waals surface area contributed by atoms with Crippen LogP contribution in [0.3, 0.4) is 0 Å². The van der Waals surface area contributed by atoms with Crippen molar-refractivity contribution in [1.29, 1.82) is 0 Å². The molecular weight excluding hydrogens is 263 g/mol. The van der Waals surface area contributed by atoms with Gasteiger partial charge in [0.15, 0.2) is 0 Å². The summed E-state index contributed by atoms with van der Waals surface area (Å²) in [5.41, 5.74) is 7.13. The number of hydrogen-bond donors (Lipinski definition) is 1. The maximum atomic E-state index is 13.1. The normalized spacial score (nSPS) is 16.0. The van der Waals surface area contributed by atoms with Crippen LogP contribution in [0.15, 0.2) is 24.3 Å². The molecule has 0 saturated carbocycles. The Labute approximate surface area is 129 Å². The molecule has 0 saturated heterocycles. The molecule has 0 aliphatic rings. The van der Waals surface area contributed by atoms with Crippen LogP contribution in [0.1, 0.15) is 58.9 Å². The highest BCUT2D eigenvalue weighted by atomic mass is 19.1. The molecule has 0 fully saturated rings. The van der Waals surface area contributed by atoms with Crippen molar-refractivity contribution in [3.05, 3.63) is 35.6 Å². The highest BCUT2D eigenvalue weighted by Gasteiger charge is 2.32. The minimum absolute atomic E-state index is 0.212. The number of rotatable bonds is 9. The third-order valence-electron chi connectivity index (χ3n) is 4.48. The molecular formula is C18H31FN2. The van der Waals surface area contributed by atoms with E-state index in [2.05, 4.69) is 32.6 Å². The quantitative estimate of drug-likeness (QED) is 0.736. The van der Waals surface area contributed by atoms with Crippen molar-refractivity contribution in [2.45, 2.75) is 65.0 Å². The molecule has 0 radical (unpaired) electrons. The molecule has 0 aliphatic heterocycles. The summed E-state index contributed by atoms with van der Waals surface area (Å²) in [7, 11) is 0. The third-order valence-corrected chi connectivity index (χ3v) is 4.48. The van der Waals surface area contributed by atoms with Crippen LogP contribution in [0.5, 0.6) is 0 Å². The van der Waals surface area contributed by atoms with Crippen LogP contribution in [0, 0.1) is 5.82 Å². The first-order valence-electron chi connectivity index (χ1n) is 8.22. The van der Waals surface area contributed by atoms with Crippen LogP contribution in [-0.2, 0) is 5.54 Å². The molecule has 1 aromatic carbocycles. The predicted molar refractivity (Wildman–Crippen MR) is 88.8 cm³/mol. The molecule has 0 bridgehead atoms. The van der Waals surface area contributed by atoms with Gasteiger partial charge in [-0.25, -0.2) is 4.39 Å². The van der Waals surface area contributed by atoms with Crippen LogP contribution >= 0.6 is 0 Å². The van der Waals surface area contributed by atoms with E-state index in [4.69, 9.17) is 5.73 Å². The van der Waals surface area contributed by atoms with Gasteiger partial charge in [0.1, 0.15) is 5.82 Å². The zero-order chi connectivity index (χ0) is 15.9. The van der Waals surface area contributed by atoms with E-state index >= 15 is 0 Å². The minimum Gasteiger partial charge on any atom is -0.320 e. The van der Waals surface area contributed by atoms with E-state index in [0.717, 1.165) is 18.7 Å². The molecule has 21 heavy (non-hydrogen) atoms. The van der Waals surface area contributed by atoms with Crippen LogP contribution < -0.4 is 5.73 Å². The summed E-state index contributed by atoms with van der Waals surface area (Å²) < 4.78 is 13.1. The Morgan fingerprint density at radius 1 is 1.10 bits per heavy atom. The first-order chi connectivity index (χ1) is 9.93. The SMILES string of the molecule is CCCCN(CCCC)C(C)C(C)(N)c1ccc(F)cc1. The Morgan fingerprint density at radius 3 is 2.00 bits per heavy atom. The number of nitrogens with two attached hydrogens (primary N) is 1. The van der Waals surface area contributed by atoms with Gasteiger partial charge >= 0.3 is 0 Å². The maximum Gasteiger partial charge on any atom is 0.123 e. The van der Waals surface area contributed by atoms with Crippen LogP contribution in [0.2, 0.25) is 0 Å². The Balaban J connectivity index is 2.87. The first-order valence-corrected chi connectivity index (χ1v) is 8.22. The molecule has 0 amide bonds. The molecule has 0 aromatic heterocycles. The maximum absolute atomic E-state index is 13.1. The van der Waals surface area contributed by atoms with Crippen molar-refractivity contribution < 1.29 is 4.39 Å². The Bertz CT molecular complexity index is 392. The fourth-order valence-corrected chi connectivity index (χ4v) is 2.65. The third kappa shape index (κ3) is 5.08.